The molecule has 0 radical (unpaired) electrons. The predicted octanol–water partition coefficient (Wildman–Crippen LogP) is 3.92. The molecule has 0 spiro atoms. The zero-order valence-electron chi connectivity index (χ0n) is 16.8. The Labute approximate surface area is 177 Å². The van der Waals surface area contributed by atoms with Crippen molar-refractivity contribution in [2.75, 3.05) is 14.2 Å². The van der Waals surface area contributed by atoms with E-state index in [4.69, 9.17) is 14.5 Å². The van der Waals surface area contributed by atoms with E-state index in [1.165, 1.54) is 23.4 Å². The molecule has 0 aliphatic heterocycles. The molecule has 1 atom stereocenters. The fourth-order valence-electron chi connectivity index (χ4n) is 3.41. The molecule has 2 aromatic carbocycles. The maximum atomic E-state index is 13.6. The molecule has 0 saturated heterocycles. The molecule has 2 aromatic heterocycles. The summed E-state index contributed by atoms with van der Waals surface area (Å²) in [7, 11) is 2.91. The monoisotopic (exact) mass is 423 g/mol. The van der Waals surface area contributed by atoms with Crippen LogP contribution < -0.4 is 10.3 Å². The Balaban J connectivity index is 2.04. The topological polar surface area (TPSA) is 86.2 Å². The van der Waals surface area contributed by atoms with Crippen molar-refractivity contribution in [2.45, 2.75) is 23.8 Å². The Morgan fingerprint density at radius 3 is 2.63 bits per heavy atom. The summed E-state index contributed by atoms with van der Waals surface area (Å²) >= 11 is 1.21. The fraction of sp³-hybridized carbons (Fsp3) is 0.227. The standard InChI is InChI=1S/C22H21N3O4S/c1-4-17(21(27)29-3)30-22-24-18-13-9-5-6-10-14(13)23-19(18)20(26)25(22)15-11-7-8-12-16(15)28-2/h5-12,17,23H,4H2,1-3H3. The number of ether oxygens (including phenoxy) is 2. The molecule has 30 heavy (non-hydrogen) atoms. The fourth-order valence-corrected chi connectivity index (χ4v) is 4.45. The van der Waals surface area contributed by atoms with Crippen LogP contribution in [0, 0.1) is 0 Å². The third kappa shape index (κ3) is 3.33. The number of rotatable bonds is 6. The molecule has 8 heteroatoms. The van der Waals surface area contributed by atoms with Crippen LogP contribution in [0.25, 0.3) is 27.6 Å². The Morgan fingerprint density at radius 2 is 1.90 bits per heavy atom. The third-order valence-corrected chi connectivity index (χ3v) is 6.20. The van der Waals surface area contributed by atoms with Crippen molar-refractivity contribution < 1.29 is 14.3 Å². The van der Waals surface area contributed by atoms with E-state index in [1.807, 2.05) is 43.3 Å². The lowest BCUT2D eigenvalue weighted by Crippen LogP contribution is -2.25. The van der Waals surface area contributed by atoms with Gasteiger partial charge >= 0.3 is 5.97 Å². The summed E-state index contributed by atoms with van der Waals surface area (Å²) in [5.41, 5.74) is 2.09. The van der Waals surface area contributed by atoms with Gasteiger partial charge in [-0.3, -0.25) is 9.59 Å². The minimum atomic E-state index is -0.495. The van der Waals surface area contributed by atoms with E-state index in [-0.39, 0.29) is 11.5 Å². The van der Waals surface area contributed by atoms with Gasteiger partial charge in [0.15, 0.2) is 5.16 Å². The molecule has 0 bridgehead atoms. The van der Waals surface area contributed by atoms with E-state index in [1.54, 1.807) is 19.2 Å². The van der Waals surface area contributed by atoms with Crippen LogP contribution in [0.2, 0.25) is 0 Å². The highest BCUT2D eigenvalue weighted by Crippen LogP contribution is 2.32. The van der Waals surface area contributed by atoms with Crippen LogP contribution in [0.1, 0.15) is 13.3 Å². The highest BCUT2D eigenvalue weighted by molar-refractivity contribution is 8.00. The quantitative estimate of drug-likeness (QED) is 0.287. The zero-order chi connectivity index (χ0) is 21.3. The second-order valence-electron chi connectivity index (χ2n) is 6.64. The number of benzene rings is 2. The Bertz CT molecular complexity index is 1290. The van der Waals surface area contributed by atoms with Crippen LogP contribution >= 0.6 is 11.8 Å². The van der Waals surface area contributed by atoms with E-state index in [0.717, 1.165) is 10.9 Å². The Morgan fingerprint density at radius 1 is 1.17 bits per heavy atom. The number of nitrogens with one attached hydrogen (secondary N) is 1. The van der Waals surface area contributed by atoms with Gasteiger partial charge in [0.1, 0.15) is 22.0 Å². The van der Waals surface area contributed by atoms with Crippen molar-refractivity contribution in [3.05, 3.63) is 58.9 Å². The van der Waals surface area contributed by atoms with Gasteiger partial charge in [-0.15, -0.1) is 0 Å². The SMILES string of the molecule is CCC(Sc1nc2c([nH]c3ccccc32)c(=O)n1-c1ccccc1OC)C(=O)OC. The Hall–Kier alpha value is -3.26. The van der Waals surface area contributed by atoms with Gasteiger partial charge in [-0.05, 0) is 24.6 Å². The van der Waals surface area contributed by atoms with Crippen LogP contribution in [0.15, 0.2) is 58.5 Å². The maximum Gasteiger partial charge on any atom is 0.319 e. The molecule has 0 fully saturated rings. The molecular formula is C22H21N3O4S. The molecule has 1 N–H and O–H groups in total. The lowest BCUT2D eigenvalue weighted by atomic mass is 10.2. The molecule has 4 aromatic rings. The molecule has 0 aliphatic rings. The summed E-state index contributed by atoms with van der Waals surface area (Å²) in [6.45, 7) is 1.89. The number of aromatic amines is 1. The summed E-state index contributed by atoms with van der Waals surface area (Å²) in [4.78, 5) is 33.8. The van der Waals surface area contributed by atoms with Gasteiger partial charge in [-0.1, -0.05) is 49.0 Å². The van der Waals surface area contributed by atoms with Crippen molar-refractivity contribution in [3.8, 4) is 11.4 Å². The van der Waals surface area contributed by atoms with E-state index in [0.29, 0.717) is 34.0 Å². The van der Waals surface area contributed by atoms with Crippen molar-refractivity contribution in [1.29, 1.82) is 0 Å². The largest absolute Gasteiger partial charge is 0.495 e. The highest BCUT2D eigenvalue weighted by atomic mass is 32.2. The first-order chi connectivity index (χ1) is 14.6. The lowest BCUT2D eigenvalue weighted by molar-refractivity contribution is -0.140. The smallest absolute Gasteiger partial charge is 0.319 e. The first-order valence-electron chi connectivity index (χ1n) is 9.50. The van der Waals surface area contributed by atoms with Crippen LogP contribution in [0.5, 0.6) is 5.75 Å². The molecular weight excluding hydrogens is 402 g/mol. The third-order valence-electron chi connectivity index (χ3n) is 4.90. The van der Waals surface area contributed by atoms with Gasteiger partial charge in [-0.2, -0.15) is 0 Å². The predicted molar refractivity (Wildman–Crippen MR) is 118 cm³/mol. The zero-order valence-corrected chi connectivity index (χ0v) is 17.7. The number of methoxy groups -OCH3 is 2. The summed E-state index contributed by atoms with van der Waals surface area (Å²) in [5.74, 6) is 0.173. The van der Waals surface area contributed by atoms with E-state index < -0.39 is 5.25 Å². The molecule has 0 aliphatic carbocycles. The normalized spacial score (nSPS) is 12.2. The van der Waals surface area contributed by atoms with Crippen LogP contribution in [-0.4, -0.2) is 40.0 Å². The number of aromatic nitrogens is 3. The minimum Gasteiger partial charge on any atom is -0.495 e. The molecule has 154 valence electrons. The van der Waals surface area contributed by atoms with Crippen molar-refractivity contribution in [2.24, 2.45) is 0 Å². The highest BCUT2D eigenvalue weighted by Gasteiger charge is 2.25. The lowest BCUT2D eigenvalue weighted by Gasteiger charge is -2.17. The van der Waals surface area contributed by atoms with Crippen LogP contribution in [-0.2, 0) is 9.53 Å². The first kappa shape index (κ1) is 20.0. The molecule has 2 heterocycles. The summed E-state index contributed by atoms with van der Waals surface area (Å²) < 4.78 is 11.9. The van der Waals surface area contributed by atoms with E-state index in [2.05, 4.69) is 4.98 Å². The molecule has 0 saturated carbocycles. The number of hydrogen-bond acceptors (Lipinski definition) is 6. The summed E-state index contributed by atoms with van der Waals surface area (Å²) in [5, 5.41) is 0.759. The van der Waals surface area contributed by atoms with Crippen molar-refractivity contribution in [1.82, 2.24) is 14.5 Å². The first-order valence-corrected chi connectivity index (χ1v) is 10.4. The van der Waals surface area contributed by atoms with E-state index >= 15 is 0 Å². The number of carbonyl (C=O) groups excluding carboxylic acids is 1. The summed E-state index contributed by atoms with van der Waals surface area (Å²) in [6.07, 6.45) is 0.533. The van der Waals surface area contributed by atoms with Gasteiger partial charge < -0.3 is 14.5 Å². The Kier molecular flexibility index (Phi) is 5.50. The average molecular weight is 423 g/mol. The number of nitrogens with zero attached hydrogens (tertiary/aromatic N) is 2. The molecule has 4 rings (SSSR count). The second kappa shape index (κ2) is 8.23. The number of H-pyrrole nitrogens is 1. The molecule has 1 unspecified atom stereocenters. The number of carbonyl (C=O) groups is 1. The molecule has 0 amide bonds. The summed E-state index contributed by atoms with van der Waals surface area (Å²) in [6, 6.07) is 14.8. The van der Waals surface area contributed by atoms with Gasteiger partial charge in [0.2, 0.25) is 0 Å². The van der Waals surface area contributed by atoms with Crippen LogP contribution in [0.3, 0.4) is 0 Å². The number of fused-ring (bicyclic) bond motifs is 3. The minimum absolute atomic E-state index is 0.261. The van der Waals surface area contributed by atoms with Crippen LogP contribution in [0.4, 0.5) is 0 Å². The van der Waals surface area contributed by atoms with Crippen molar-refractivity contribution >= 4 is 39.7 Å². The van der Waals surface area contributed by atoms with Crippen molar-refractivity contribution in [3.63, 3.8) is 0 Å². The van der Waals surface area contributed by atoms with Gasteiger partial charge in [0.05, 0.1) is 19.9 Å². The number of esters is 1. The number of hydrogen-bond donors (Lipinski definition) is 1. The number of thioether (sulfide) groups is 1. The average Bonchev–Trinajstić information content (AvgIpc) is 3.16. The second-order valence-corrected chi connectivity index (χ2v) is 7.81. The maximum absolute atomic E-state index is 13.6. The van der Waals surface area contributed by atoms with Gasteiger partial charge in [-0.25, -0.2) is 9.55 Å². The van der Waals surface area contributed by atoms with Gasteiger partial charge in [0, 0.05) is 10.9 Å². The van der Waals surface area contributed by atoms with E-state index in [9.17, 15) is 9.59 Å². The van der Waals surface area contributed by atoms with Gasteiger partial charge in [0.25, 0.3) is 5.56 Å². The molecule has 7 nitrogen and oxygen atoms in total. The number of para-hydroxylation sites is 3.